The predicted octanol–water partition coefficient (Wildman–Crippen LogP) is 5.22. The van der Waals surface area contributed by atoms with E-state index in [9.17, 15) is 9.59 Å². The van der Waals surface area contributed by atoms with Crippen molar-refractivity contribution in [2.75, 3.05) is 11.9 Å². The van der Waals surface area contributed by atoms with Gasteiger partial charge in [-0.3, -0.25) is 4.79 Å². The number of nitrogens with zero attached hydrogens (tertiary/aromatic N) is 1. The van der Waals surface area contributed by atoms with E-state index in [0.717, 1.165) is 10.9 Å². The molecule has 3 aromatic carbocycles. The number of rotatable bonds is 7. The van der Waals surface area contributed by atoms with Crippen LogP contribution in [0.4, 0.5) is 5.69 Å². The third-order valence-corrected chi connectivity index (χ3v) is 4.49. The standard InChI is InChI=1S/C26H20N2O4/c29-25(28-23-12-6-7-13-24(23)32-21-9-2-1-3-10-21)18-31-26(30)17-16-20-15-14-19-8-4-5-11-22(19)27-20/h1-17H,18H2,(H,28,29)/b17-16+. The van der Waals surface area contributed by atoms with Crippen molar-refractivity contribution in [3.8, 4) is 11.5 Å². The zero-order valence-corrected chi connectivity index (χ0v) is 17.1. The zero-order valence-electron chi connectivity index (χ0n) is 17.1. The molecule has 0 aliphatic carbocycles. The van der Waals surface area contributed by atoms with Crippen molar-refractivity contribution in [2.45, 2.75) is 0 Å². The Labute approximate surface area is 185 Å². The Balaban J connectivity index is 1.32. The molecule has 6 nitrogen and oxygen atoms in total. The highest BCUT2D eigenvalue weighted by atomic mass is 16.5. The lowest BCUT2D eigenvalue weighted by atomic mass is 10.2. The highest BCUT2D eigenvalue weighted by molar-refractivity contribution is 5.95. The number of pyridine rings is 1. The Morgan fingerprint density at radius 1 is 0.844 bits per heavy atom. The van der Waals surface area contributed by atoms with Crippen LogP contribution in [0.25, 0.3) is 17.0 Å². The molecule has 4 rings (SSSR count). The second-order valence-corrected chi connectivity index (χ2v) is 6.83. The number of hydrogen-bond donors (Lipinski definition) is 1. The van der Waals surface area contributed by atoms with Crippen molar-refractivity contribution in [2.24, 2.45) is 0 Å². The van der Waals surface area contributed by atoms with Gasteiger partial charge in [-0.2, -0.15) is 0 Å². The molecule has 0 aliphatic heterocycles. The van der Waals surface area contributed by atoms with Crippen LogP contribution >= 0.6 is 0 Å². The molecule has 4 aromatic rings. The van der Waals surface area contributed by atoms with Crippen LogP contribution in [0, 0.1) is 0 Å². The lowest BCUT2D eigenvalue weighted by Gasteiger charge is -2.12. The van der Waals surface area contributed by atoms with E-state index in [4.69, 9.17) is 9.47 Å². The molecule has 32 heavy (non-hydrogen) atoms. The molecular weight excluding hydrogens is 404 g/mol. The number of benzene rings is 3. The number of nitrogens with one attached hydrogen (secondary N) is 1. The first kappa shape index (κ1) is 20.8. The molecule has 1 aromatic heterocycles. The van der Waals surface area contributed by atoms with Gasteiger partial charge in [-0.05, 0) is 42.5 Å². The minimum atomic E-state index is -0.635. The van der Waals surface area contributed by atoms with Gasteiger partial charge < -0.3 is 14.8 Å². The van der Waals surface area contributed by atoms with Crippen molar-refractivity contribution >= 4 is 34.5 Å². The summed E-state index contributed by atoms with van der Waals surface area (Å²) in [5.41, 5.74) is 1.93. The van der Waals surface area contributed by atoms with Crippen LogP contribution in [0.3, 0.4) is 0 Å². The first-order valence-corrected chi connectivity index (χ1v) is 10.00. The number of para-hydroxylation sites is 4. The molecule has 0 bridgehead atoms. The van der Waals surface area contributed by atoms with E-state index in [0.29, 0.717) is 22.9 Å². The summed E-state index contributed by atoms with van der Waals surface area (Å²) in [6, 6.07) is 27.7. The second kappa shape index (κ2) is 10.0. The Morgan fingerprint density at radius 3 is 2.47 bits per heavy atom. The highest BCUT2D eigenvalue weighted by Crippen LogP contribution is 2.29. The molecule has 0 radical (unpaired) electrons. The fourth-order valence-electron chi connectivity index (χ4n) is 2.97. The van der Waals surface area contributed by atoms with E-state index >= 15 is 0 Å². The summed E-state index contributed by atoms with van der Waals surface area (Å²) in [5.74, 6) is 0.0253. The van der Waals surface area contributed by atoms with Gasteiger partial charge >= 0.3 is 5.97 Å². The van der Waals surface area contributed by atoms with Crippen molar-refractivity contribution < 1.29 is 19.1 Å². The van der Waals surface area contributed by atoms with Gasteiger partial charge in [0, 0.05) is 11.5 Å². The molecule has 0 aliphatic rings. The average molecular weight is 424 g/mol. The number of carbonyl (C=O) groups is 2. The van der Waals surface area contributed by atoms with Gasteiger partial charge in [-0.1, -0.05) is 54.6 Å². The number of hydrogen-bond acceptors (Lipinski definition) is 5. The van der Waals surface area contributed by atoms with E-state index in [2.05, 4.69) is 10.3 Å². The maximum atomic E-state index is 12.3. The lowest BCUT2D eigenvalue weighted by Crippen LogP contribution is -2.20. The van der Waals surface area contributed by atoms with Crippen LogP contribution in [-0.4, -0.2) is 23.5 Å². The predicted molar refractivity (Wildman–Crippen MR) is 123 cm³/mol. The van der Waals surface area contributed by atoms with Crippen molar-refractivity contribution in [3.63, 3.8) is 0 Å². The van der Waals surface area contributed by atoms with Crippen LogP contribution in [0.15, 0.2) is 97.1 Å². The Kier molecular flexibility index (Phi) is 6.53. The Hall–Kier alpha value is -4.45. The van der Waals surface area contributed by atoms with Gasteiger partial charge in [0.1, 0.15) is 5.75 Å². The van der Waals surface area contributed by atoms with Gasteiger partial charge in [0.05, 0.1) is 16.9 Å². The van der Waals surface area contributed by atoms with Crippen LogP contribution in [-0.2, 0) is 14.3 Å². The summed E-state index contributed by atoms with van der Waals surface area (Å²) in [5, 5.41) is 3.72. The zero-order chi connectivity index (χ0) is 22.2. The van der Waals surface area contributed by atoms with Crippen LogP contribution < -0.4 is 10.1 Å². The molecule has 0 saturated heterocycles. The SMILES string of the molecule is O=C(COC(=O)/C=C/c1ccc2ccccc2n1)Nc1ccccc1Oc1ccccc1. The molecule has 1 N–H and O–H groups in total. The van der Waals surface area contributed by atoms with Crippen LogP contribution in [0.2, 0.25) is 0 Å². The topological polar surface area (TPSA) is 77.5 Å². The Bertz CT molecular complexity index is 1270. The molecular formula is C26H20N2O4. The molecule has 158 valence electrons. The normalized spacial score (nSPS) is 10.8. The van der Waals surface area contributed by atoms with Crippen molar-refractivity contribution in [1.29, 1.82) is 0 Å². The van der Waals surface area contributed by atoms with E-state index in [1.165, 1.54) is 6.08 Å². The summed E-state index contributed by atoms with van der Waals surface area (Å²) in [4.78, 5) is 28.7. The second-order valence-electron chi connectivity index (χ2n) is 6.83. The molecule has 1 heterocycles. The average Bonchev–Trinajstić information content (AvgIpc) is 2.83. The van der Waals surface area contributed by atoms with Gasteiger partial charge in [-0.25, -0.2) is 9.78 Å². The fourth-order valence-corrected chi connectivity index (χ4v) is 2.97. The maximum Gasteiger partial charge on any atom is 0.331 e. The van der Waals surface area contributed by atoms with E-state index < -0.39 is 18.5 Å². The van der Waals surface area contributed by atoms with Crippen molar-refractivity contribution in [1.82, 2.24) is 4.98 Å². The number of anilines is 1. The fraction of sp³-hybridized carbons (Fsp3) is 0.0385. The molecule has 0 atom stereocenters. The molecule has 0 fully saturated rings. The summed E-state index contributed by atoms with van der Waals surface area (Å²) >= 11 is 0. The highest BCUT2D eigenvalue weighted by Gasteiger charge is 2.10. The van der Waals surface area contributed by atoms with Gasteiger partial charge in [0.25, 0.3) is 5.91 Å². The summed E-state index contributed by atoms with van der Waals surface area (Å²) in [7, 11) is 0. The first-order chi connectivity index (χ1) is 15.7. The minimum Gasteiger partial charge on any atom is -0.455 e. The first-order valence-electron chi connectivity index (χ1n) is 10.00. The third kappa shape index (κ3) is 5.58. The number of ether oxygens (including phenoxy) is 2. The number of carbonyl (C=O) groups excluding carboxylic acids is 2. The lowest BCUT2D eigenvalue weighted by molar-refractivity contribution is -0.142. The minimum absolute atomic E-state index is 0.423. The number of fused-ring (bicyclic) bond motifs is 1. The monoisotopic (exact) mass is 424 g/mol. The summed E-state index contributed by atoms with van der Waals surface area (Å²) in [6.45, 7) is -0.423. The van der Waals surface area contributed by atoms with Crippen LogP contribution in [0.5, 0.6) is 11.5 Å². The quantitative estimate of drug-likeness (QED) is 0.325. The van der Waals surface area contributed by atoms with E-state index in [1.54, 1.807) is 30.3 Å². The molecule has 0 saturated carbocycles. The maximum absolute atomic E-state index is 12.3. The van der Waals surface area contributed by atoms with E-state index in [-0.39, 0.29) is 0 Å². The number of esters is 1. The molecule has 0 spiro atoms. The van der Waals surface area contributed by atoms with Gasteiger partial charge in [0.2, 0.25) is 0 Å². The van der Waals surface area contributed by atoms with Crippen molar-refractivity contribution in [3.05, 3.63) is 103 Å². The molecule has 0 unspecified atom stereocenters. The van der Waals surface area contributed by atoms with Gasteiger partial charge in [0.15, 0.2) is 12.4 Å². The largest absolute Gasteiger partial charge is 0.455 e. The Morgan fingerprint density at radius 2 is 1.59 bits per heavy atom. The molecule has 1 amide bonds. The van der Waals surface area contributed by atoms with Crippen LogP contribution in [0.1, 0.15) is 5.69 Å². The molecule has 6 heteroatoms. The number of aromatic nitrogens is 1. The van der Waals surface area contributed by atoms with E-state index in [1.807, 2.05) is 66.7 Å². The van der Waals surface area contributed by atoms with Gasteiger partial charge in [-0.15, -0.1) is 0 Å². The smallest absolute Gasteiger partial charge is 0.331 e. The number of amides is 1. The summed E-state index contributed by atoms with van der Waals surface area (Å²) in [6.07, 6.45) is 2.80. The third-order valence-electron chi connectivity index (χ3n) is 4.49. The summed E-state index contributed by atoms with van der Waals surface area (Å²) < 4.78 is 10.9.